The molecule has 0 fully saturated rings. The fraction of sp³-hybridized carbons (Fsp3) is 0.312. The molecule has 3 aromatic heterocycles. The first-order valence-electron chi connectivity index (χ1n) is 7.25. The van der Waals surface area contributed by atoms with Crippen LogP contribution in [-0.4, -0.2) is 21.9 Å². The minimum Gasteiger partial charge on any atom is -0.459 e. The number of rotatable bonds is 7. The Kier molecular flexibility index (Phi) is 5.70. The second-order valence-electron chi connectivity index (χ2n) is 5.11. The fourth-order valence-electron chi connectivity index (χ4n) is 2.03. The van der Waals surface area contributed by atoms with Crippen LogP contribution in [0.5, 0.6) is 0 Å². The molecule has 5 nitrogen and oxygen atoms in total. The van der Waals surface area contributed by atoms with Crippen molar-refractivity contribution >= 4 is 40.4 Å². The van der Waals surface area contributed by atoms with Crippen molar-refractivity contribution in [3.05, 3.63) is 44.9 Å². The number of aryl methyl sites for hydroxylation is 2. The Balaban J connectivity index is 1.43. The van der Waals surface area contributed by atoms with Crippen molar-refractivity contribution in [3.63, 3.8) is 0 Å². The van der Waals surface area contributed by atoms with Gasteiger partial charge in [-0.25, -0.2) is 4.98 Å². The Hall–Kier alpha value is -1.64. The van der Waals surface area contributed by atoms with Gasteiger partial charge in [0, 0.05) is 27.6 Å². The van der Waals surface area contributed by atoms with Crippen molar-refractivity contribution in [2.45, 2.75) is 26.2 Å². The molecular formula is C16H16N2O3S3. The summed E-state index contributed by atoms with van der Waals surface area (Å²) in [5.41, 5.74) is 3.81. The van der Waals surface area contributed by atoms with Crippen molar-refractivity contribution < 1.29 is 14.1 Å². The molecule has 0 bridgehead atoms. The highest BCUT2D eigenvalue weighted by Gasteiger charge is 2.11. The van der Waals surface area contributed by atoms with Gasteiger partial charge in [0.15, 0.2) is 0 Å². The quantitative estimate of drug-likeness (QED) is 0.564. The van der Waals surface area contributed by atoms with Crippen LogP contribution in [0.15, 0.2) is 26.7 Å². The molecule has 0 N–H and O–H groups in total. The zero-order valence-corrected chi connectivity index (χ0v) is 15.7. The van der Waals surface area contributed by atoms with E-state index < -0.39 is 0 Å². The normalized spacial score (nSPS) is 10.9. The zero-order valence-electron chi connectivity index (χ0n) is 13.3. The Morgan fingerprint density at radius 2 is 2.25 bits per heavy atom. The smallest absolute Gasteiger partial charge is 0.316 e. The average Bonchev–Trinajstić information content (AvgIpc) is 3.29. The number of carbonyl (C=O) groups excluding carboxylic acids is 1. The van der Waals surface area contributed by atoms with Crippen LogP contribution in [0.2, 0.25) is 0 Å². The lowest BCUT2D eigenvalue weighted by molar-refractivity contribution is -0.141. The summed E-state index contributed by atoms with van der Waals surface area (Å²) in [5, 5.41) is 10.9. The molecule has 0 spiro atoms. The highest BCUT2D eigenvalue weighted by Crippen LogP contribution is 2.26. The summed E-state index contributed by atoms with van der Waals surface area (Å²) in [5.74, 6) is 1.55. The maximum absolute atomic E-state index is 11.8. The third-order valence-corrected chi connectivity index (χ3v) is 5.90. The van der Waals surface area contributed by atoms with E-state index >= 15 is 0 Å². The van der Waals surface area contributed by atoms with Crippen LogP contribution in [0.25, 0.3) is 10.6 Å². The molecule has 0 saturated heterocycles. The SMILES string of the molecule is Cc1noc(C)c1CSCC(=O)OCc1csc(-c2ccsc2)n1. The van der Waals surface area contributed by atoms with Gasteiger partial charge >= 0.3 is 5.97 Å². The Morgan fingerprint density at radius 1 is 1.38 bits per heavy atom. The molecule has 3 aromatic rings. The molecule has 0 aliphatic heterocycles. The number of ether oxygens (including phenoxy) is 1. The first kappa shape index (κ1) is 17.2. The standard InChI is InChI=1S/C16H16N2O3S3/c1-10-14(11(2)21-18-10)8-23-9-15(19)20-5-13-7-24-16(17-13)12-3-4-22-6-12/h3-4,6-7H,5,8-9H2,1-2H3. The highest BCUT2D eigenvalue weighted by atomic mass is 32.2. The van der Waals surface area contributed by atoms with Crippen LogP contribution >= 0.6 is 34.4 Å². The van der Waals surface area contributed by atoms with Crippen molar-refractivity contribution in [1.82, 2.24) is 10.1 Å². The fourth-order valence-corrected chi connectivity index (χ4v) is 4.52. The third-order valence-electron chi connectivity index (χ3n) is 3.35. The van der Waals surface area contributed by atoms with E-state index in [1.807, 2.05) is 30.7 Å². The molecule has 0 aliphatic rings. The maximum atomic E-state index is 11.8. The molecule has 0 atom stereocenters. The van der Waals surface area contributed by atoms with E-state index in [-0.39, 0.29) is 12.6 Å². The Labute approximate surface area is 152 Å². The van der Waals surface area contributed by atoms with E-state index in [0.717, 1.165) is 33.3 Å². The van der Waals surface area contributed by atoms with Crippen LogP contribution in [0.4, 0.5) is 0 Å². The summed E-state index contributed by atoms with van der Waals surface area (Å²) >= 11 is 4.69. The van der Waals surface area contributed by atoms with Gasteiger partial charge in [-0.2, -0.15) is 11.3 Å². The predicted molar refractivity (Wildman–Crippen MR) is 97.4 cm³/mol. The first-order chi connectivity index (χ1) is 11.6. The molecule has 126 valence electrons. The van der Waals surface area contributed by atoms with Crippen molar-refractivity contribution in [1.29, 1.82) is 0 Å². The molecule has 3 heterocycles. The van der Waals surface area contributed by atoms with Gasteiger partial charge in [-0.3, -0.25) is 4.79 Å². The van der Waals surface area contributed by atoms with Crippen molar-refractivity contribution in [3.8, 4) is 10.6 Å². The minimum atomic E-state index is -0.239. The molecule has 0 unspecified atom stereocenters. The third kappa shape index (κ3) is 4.25. The van der Waals surface area contributed by atoms with E-state index in [2.05, 4.69) is 15.5 Å². The van der Waals surface area contributed by atoms with Crippen LogP contribution in [0.3, 0.4) is 0 Å². The van der Waals surface area contributed by atoms with Crippen molar-refractivity contribution in [2.24, 2.45) is 0 Å². The molecule has 0 aromatic carbocycles. The van der Waals surface area contributed by atoms with E-state index in [4.69, 9.17) is 9.26 Å². The number of thiophene rings is 1. The topological polar surface area (TPSA) is 65.2 Å². The first-order valence-corrected chi connectivity index (χ1v) is 10.2. The molecule has 0 aliphatic carbocycles. The van der Waals surface area contributed by atoms with Gasteiger partial charge in [-0.05, 0) is 25.3 Å². The molecule has 3 rings (SSSR count). The van der Waals surface area contributed by atoms with Gasteiger partial charge in [-0.1, -0.05) is 5.16 Å². The van der Waals surface area contributed by atoms with E-state index in [9.17, 15) is 4.79 Å². The average molecular weight is 381 g/mol. The lowest BCUT2D eigenvalue weighted by Gasteiger charge is -2.03. The van der Waals surface area contributed by atoms with Crippen LogP contribution in [0.1, 0.15) is 22.7 Å². The van der Waals surface area contributed by atoms with Gasteiger partial charge in [0.2, 0.25) is 0 Å². The molecular weight excluding hydrogens is 364 g/mol. The summed E-state index contributed by atoms with van der Waals surface area (Å²) in [6, 6.07) is 2.03. The van der Waals surface area contributed by atoms with Crippen molar-refractivity contribution in [2.75, 3.05) is 5.75 Å². The number of nitrogens with zero attached hydrogens (tertiary/aromatic N) is 2. The lowest BCUT2D eigenvalue weighted by atomic mass is 10.2. The number of hydrogen-bond donors (Lipinski definition) is 0. The lowest BCUT2D eigenvalue weighted by Crippen LogP contribution is -2.07. The molecule has 0 saturated carbocycles. The summed E-state index contributed by atoms with van der Waals surface area (Å²) in [6.45, 7) is 3.99. The summed E-state index contributed by atoms with van der Waals surface area (Å²) in [4.78, 5) is 16.3. The summed E-state index contributed by atoms with van der Waals surface area (Å²) < 4.78 is 10.4. The number of carbonyl (C=O) groups is 1. The Bertz CT molecular complexity index is 789. The second-order valence-corrected chi connectivity index (χ2v) is 7.74. The number of esters is 1. The summed E-state index contributed by atoms with van der Waals surface area (Å²) in [6.07, 6.45) is 0. The van der Waals surface area contributed by atoms with Gasteiger partial charge in [0.25, 0.3) is 0 Å². The Morgan fingerprint density at radius 3 is 2.96 bits per heavy atom. The molecule has 8 heteroatoms. The van der Waals surface area contributed by atoms with E-state index in [1.54, 1.807) is 22.7 Å². The predicted octanol–water partition coefficient (Wildman–Crippen LogP) is 4.45. The molecule has 0 amide bonds. The number of hydrogen-bond acceptors (Lipinski definition) is 8. The second kappa shape index (κ2) is 7.96. The minimum absolute atomic E-state index is 0.214. The van der Waals surface area contributed by atoms with Crippen LogP contribution in [-0.2, 0) is 21.9 Å². The number of thiazole rings is 1. The van der Waals surface area contributed by atoms with E-state index in [0.29, 0.717) is 11.5 Å². The number of thioether (sulfide) groups is 1. The largest absolute Gasteiger partial charge is 0.459 e. The van der Waals surface area contributed by atoms with Gasteiger partial charge in [0.1, 0.15) is 17.4 Å². The van der Waals surface area contributed by atoms with E-state index in [1.165, 1.54) is 11.8 Å². The number of aromatic nitrogens is 2. The molecule has 0 radical (unpaired) electrons. The van der Waals surface area contributed by atoms with Gasteiger partial charge in [-0.15, -0.1) is 23.1 Å². The van der Waals surface area contributed by atoms with Gasteiger partial charge in [0.05, 0.1) is 17.1 Å². The summed E-state index contributed by atoms with van der Waals surface area (Å²) in [7, 11) is 0. The van der Waals surface area contributed by atoms with Crippen LogP contribution < -0.4 is 0 Å². The van der Waals surface area contributed by atoms with Gasteiger partial charge < -0.3 is 9.26 Å². The molecule has 24 heavy (non-hydrogen) atoms. The zero-order chi connectivity index (χ0) is 16.9. The maximum Gasteiger partial charge on any atom is 0.316 e. The van der Waals surface area contributed by atoms with Crippen LogP contribution in [0, 0.1) is 13.8 Å². The highest BCUT2D eigenvalue weighted by molar-refractivity contribution is 7.99. The monoisotopic (exact) mass is 380 g/mol.